The maximum absolute atomic E-state index is 12.9. The molecule has 8 nitrogen and oxygen atoms in total. The highest BCUT2D eigenvalue weighted by Crippen LogP contribution is 2.19. The van der Waals surface area contributed by atoms with Gasteiger partial charge in [-0.3, -0.25) is 14.4 Å². The van der Waals surface area contributed by atoms with E-state index in [-0.39, 0.29) is 18.6 Å². The fraction of sp³-hybridized carbons (Fsp3) is 0.684. The highest BCUT2D eigenvalue weighted by atomic mass is 16.6. The summed E-state index contributed by atoms with van der Waals surface area (Å²) >= 11 is 0. The number of rotatable bonds is 7. The SMILES string of the molecule is CC(C)=CC(=O)CC[C@H](NC(=O)OC(C)(C)C)C(=O)N1CCCC1C(N)=O. The van der Waals surface area contributed by atoms with Gasteiger partial charge in [-0.1, -0.05) is 5.57 Å². The first-order valence-electron chi connectivity index (χ1n) is 9.17. The minimum absolute atomic E-state index is 0.0897. The van der Waals surface area contributed by atoms with Crippen LogP contribution in [0.5, 0.6) is 0 Å². The number of alkyl carbamates (subject to hydrolysis) is 1. The molecule has 1 fully saturated rings. The summed E-state index contributed by atoms with van der Waals surface area (Å²) in [5.41, 5.74) is 5.52. The molecule has 1 unspecified atom stereocenters. The Kier molecular flexibility index (Phi) is 7.99. The van der Waals surface area contributed by atoms with Gasteiger partial charge < -0.3 is 20.7 Å². The molecule has 0 aliphatic carbocycles. The number of hydrogen-bond donors (Lipinski definition) is 2. The van der Waals surface area contributed by atoms with Gasteiger partial charge in [0.1, 0.15) is 17.7 Å². The van der Waals surface area contributed by atoms with Gasteiger partial charge in [-0.25, -0.2) is 4.79 Å². The summed E-state index contributed by atoms with van der Waals surface area (Å²) in [5.74, 6) is -1.13. The van der Waals surface area contributed by atoms with Crippen molar-refractivity contribution in [2.75, 3.05) is 6.54 Å². The molecule has 8 heteroatoms. The number of nitrogens with zero attached hydrogens (tertiary/aromatic N) is 1. The summed E-state index contributed by atoms with van der Waals surface area (Å²) in [6.45, 7) is 9.14. The van der Waals surface area contributed by atoms with E-state index in [0.29, 0.717) is 19.4 Å². The number of ketones is 1. The summed E-state index contributed by atoms with van der Waals surface area (Å²) in [7, 11) is 0. The van der Waals surface area contributed by atoms with Crippen molar-refractivity contribution in [3.8, 4) is 0 Å². The molecule has 1 heterocycles. The smallest absolute Gasteiger partial charge is 0.408 e. The molecule has 0 saturated carbocycles. The average molecular weight is 381 g/mol. The van der Waals surface area contributed by atoms with Crippen LogP contribution in [0.25, 0.3) is 0 Å². The fourth-order valence-electron chi connectivity index (χ4n) is 2.91. The number of carbonyl (C=O) groups excluding carboxylic acids is 4. The lowest BCUT2D eigenvalue weighted by atomic mass is 10.1. The third kappa shape index (κ3) is 7.80. The largest absolute Gasteiger partial charge is 0.444 e. The van der Waals surface area contributed by atoms with Crippen LogP contribution in [-0.2, 0) is 19.1 Å². The highest BCUT2D eigenvalue weighted by molar-refractivity contribution is 5.93. The van der Waals surface area contributed by atoms with E-state index < -0.39 is 35.6 Å². The van der Waals surface area contributed by atoms with Crippen molar-refractivity contribution >= 4 is 23.7 Å². The molecule has 1 aliphatic heterocycles. The van der Waals surface area contributed by atoms with E-state index in [0.717, 1.165) is 5.57 Å². The molecule has 27 heavy (non-hydrogen) atoms. The monoisotopic (exact) mass is 381 g/mol. The van der Waals surface area contributed by atoms with Crippen LogP contribution in [0.15, 0.2) is 11.6 Å². The quantitative estimate of drug-likeness (QED) is 0.650. The molecule has 3 amide bonds. The zero-order valence-corrected chi connectivity index (χ0v) is 16.8. The van der Waals surface area contributed by atoms with Crippen LogP contribution in [0.2, 0.25) is 0 Å². The van der Waals surface area contributed by atoms with Crippen LogP contribution in [-0.4, -0.2) is 52.8 Å². The summed E-state index contributed by atoms with van der Waals surface area (Å²) in [5, 5.41) is 2.54. The summed E-state index contributed by atoms with van der Waals surface area (Å²) in [6, 6.07) is -1.65. The fourth-order valence-corrected chi connectivity index (χ4v) is 2.91. The van der Waals surface area contributed by atoms with Crippen molar-refractivity contribution in [1.82, 2.24) is 10.2 Å². The van der Waals surface area contributed by atoms with Gasteiger partial charge in [0.15, 0.2) is 5.78 Å². The first-order valence-corrected chi connectivity index (χ1v) is 9.17. The van der Waals surface area contributed by atoms with Crippen LogP contribution < -0.4 is 11.1 Å². The Morgan fingerprint density at radius 3 is 2.41 bits per heavy atom. The molecule has 2 atom stereocenters. The Morgan fingerprint density at radius 2 is 1.89 bits per heavy atom. The number of nitrogens with one attached hydrogen (secondary N) is 1. The molecule has 0 spiro atoms. The molecule has 1 saturated heterocycles. The number of allylic oxidation sites excluding steroid dienone is 2. The van der Waals surface area contributed by atoms with Gasteiger partial charge in [0.2, 0.25) is 11.8 Å². The molecule has 0 radical (unpaired) electrons. The van der Waals surface area contributed by atoms with Gasteiger partial charge in [0.25, 0.3) is 0 Å². The lowest BCUT2D eigenvalue weighted by molar-refractivity contribution is -0.139. The van der Waals surface area contributed by atoms with Crippen molar-refractivity contribution in [1.29, 1.82) is 0 Å². The number of nitrogens with two attached hydrogens (primary N) is 1. The molecule has 0 bridgehead atoms. The van der Waals surface area contributed by atoms with Crippen LogP contribution in [0, 0.1) is 0 Å². The van der Waals surface area contributed by atoms with E-state index in [1.54, 1.807) is 34.6 Å². The third-order valence-electron chi connectivity index (χ3n) is 3.98. The van der Waals surface area contributed by atoms with Gasteiger partial charge in [-0.15, -0.1) is 0 Å². The zero-order valence-electron chi connectivity index (χ0n) is 16.8. The number of carbonyl (C=O) groups is 4. The van der Waals surface area contributed by atoms with E-state index >= 15 is 0 Å². The first-order chi connectivity index (χ1) is 12.4. The lowest BCUT2D eigenvalue weighted by Gasteiger charge is -2.28. The van der Waals surface area contributed by atoms with E-state index in [1.807, 2.05) is 0 Å². The summed E-state index contributed by atoms with van der Waals surface area (Å²) in [4.78, 5) is 50.0. The molecule has 1 aliphatic rings. The molecule has 3 N–H and O–H groups in total. The second-order valence-electron chi connectivity index (χ2n) is 8.02. The first kappa shape index (κ1) is 22.7. The number of primary amides is 1. The van der Waals surface area contributed by atoms with E-state index in [1.165, 1.54) is 11.0 Å². The summed E-state index contributed by atoms with van der Waals surface area (Å²) in [6.07, 6.45) is 2.11. The van der Waals surface area contributed by atoms with E-state index in [2.05, 4.69) is 5.32 Å². The predicted molar refractivity (Wildman–Crippen MR) is 101 cm³/mol. The Morgan fingerprint density at radius 1 is 1.26 bits per heavy atom. The Balaban J connectivity index is 2.90. The van der Waals surface area contributed by atoms with Crippen LogP contribution in [0.3, 0.4) is 0 Å². The highest BCUT2D eigenvalue weighted by Gasteiger charge is 2.37. The number of hydrogen-bond acceptors (Lipinski definition) is 5. The Labute approximate surface area is 160 Å². The maximum Gasteiger partial charge on any atom is 0.408 e. The number of ether oxygens (including phenoxy) is 1. The number of amides is 3. The van der Waals surface area contributed by atoms with Crippen molar-refractivity contribution in [2.24, 2.45) is 5.73 Å². The van der Waals surface area contributed by atoms with Crippen LogP contribution in [0.4, 0.5) is 4.79 Å². The van der Waals surface area contributed by atoms with Gasteiger partial charge in [0, 0.05) is 13.0 Å². The third-order valence-corrected chi connectivity index (χ3v) is 3.98. The normalized spacial score (nSPS) is 17.8. The molecule has 0 aromatic heterocycles. The van der Waals surface area contributed by atoms with Crippen LogP contribution in [0.1, 0.15) is 60.3 Å². The van der Waals surface area contributed by atoms with Crippen molar-refractivity contribution in [2.45, 2.75) is 78.0 Å². The minimum Gasteiger partial charge on any atom is -0.444 e. The topological polar surface area (TPSA) is 119 Å². The van der Waals surface area contributed by atoms with Gasteiger partial charge in [0.05, 0.1) is 0 Å². The lowest BCUT2D eigenvalue weighted by Crippen LogP contribution is -2.53. The minimum atomic E-state index is -0.964. The van der Waals surface area contributed by atoms with Crippen LogP contribution >= 0.6 is 0 Å². The van der Waals surface area contributed by atoms with E-state index in [9.17, 15) is 19.2 Å². The Hall–Kier alpha value is -2.38. The number of likely N-dealkylation sites (tertiary alicyclic amines) is 1. The molecule has 1 rings (SSSR count). The van der Waals surface area contributed by atoms with Gasteiger partial charge in [-0.05, 0) is 60.0 Å². The Bertz CT molecular complexity index is 617. The molecule has 152 valence electrons. The maximum atomic E-state index is 12.9. The second kappa shape index (κ2) is 9.53. The summed E-state index contributed by atoms with van der Waals surface area (Å²) < 4.78 is 5.22. The average Bonchev–Trinajstić information content (AvgIpc) is 2.97. The predicted octanol–water partition coefficient (Wildman–Crippen LogP) is 1.67. The van der Waals surface area contributed by atoms with Crippen molar-refractivity contribution in [3.05, 3.63) is 11.6 Å². The molecular weight excluding hydrogens is 350 g/mol. The molecule has 0 aromatic rings. The van der Waals surface area contributed by atoms with Crippen molar-refractivity contribution in [3.63, 3.8) is 0 Å². The second-order valence-corrected chi connectivity index (χ2v) is 8.02. The molecular formula is C19H31N3O5. The van der Waals surface area contributed by atoms with Gasteiger partial charge in [-0.2, -0.15) is 0 Å². The zero-order chi connectivity index (χ0) is 20.8. The van der Waals surface area contributed by atoms with E-state index in [4.69, 9.17) is 10.5 Å². The standard InChI is InChI=1S/C19H31N3O5/c1-12(2)11-13(23)8-9-14(21-18(26)27-19(3,4)5)17(25)22-10-6-7-15(22)16(20)24/h11,14-15H,6-10H2,1-5H3,(H2,20,24)(H,21,26)/t14-,15?/m0/s1. The van der Waals surface area contributed by atoms with Crippen molar-refractivity contribution < 1.29 is 23.9 Å². The van der Waals surface area contributed by atoms with Gasteiger partial charge >= 0.3 is 6.09 Å². The molecule has 0 aromatic carbocycles.